The van der Waals surface area contributed by atoms with Crippen molar-refractivity contribution in [3.05, 3.63) is 36.8 Å². The standard InChI is InChI=1S/C16H21N5/c1-2-5-13(4-1)21-10-3-6-14(21)15-16(19-8-7-18-15)20-11-9-17-12-20/h7-9,11-14H,1-6,10H2/t14-/m0/s1. The Labute approximate surface area is 125 Å². The summed E-state index contributed by atoms with van der Waals surface area (Å²) in [6, 6.07) is 1.16. The third kappa shape index (κ3) is 2.35. The maximum Gasteiger partial charge on any atom is 0.161 e. The normalized spacial score (nSPS) is 23.9. The Morgan fingerprint density at radius 3 is 2.62 bits per heavy atom. The van der Waals surface area contributed by atoms with Crippen LogP contribution in [0.2, 0.25) is 0 Å². The fraction of sp³-hybridized carbons (Fsp3) is 0.562. The molecule has 4 rings (SSSR count). The van der Waals surface area contributed by atoms with Crippen molar-refractivity contribution < 1.29 is 0 Å². The average molecular weight is 283 g/mol. The van der Waals surface area contributed by atoms with Crippen LogP contribution in [-0.4, -0.2) is 37.0 Å². The van der Waals surface area contributed by atoms with Crippen LogP contribution in [0.4, 0.5) is 0 Å². The fourth-order valence-corrected chi connectivity index (χ4v) is 3.92. The van der Waals surface area contributed by atoms with Gasteiger partial charge in [0, 0.05) is 30.8 Å². The first-order chi connectivity index (χ1) is 10.4. The highest BCUT2D eigenvalue weighted by Gasteiger charge is 2.35. The molecule has 0 bridgehead atoms. The van der Waals surface area contributed by atoms with E-state index in [-0.39, 0.29) is 0 Å². The van der Waals surface area contributed by atoms with Gasteiger partial charge in [-0.25, -0.2) is 9.97 Å². The van der Waals surface area contributed by atoms with Crippen LogP contribution in [0.15, 0.2) is 31.1 Å². The molecule has 0 unspecified atom stereocenters. The van der Waals surface area contributed by atoms with E-state index >= 15 is 0 Å². The van der Waals surface area contributed by atoms with Crippen LogP contribution in [-0.2, 0) is 0 Å². The number of likely N-dealkylation sites (tertiary alicyclic amines) is 1. The van der Waals surface area contributed by atoms with Crippen LogP contribution in [0.25, 0.3) is 5.82 Å². The maximum atomic E-state index is 4.69. The molecule has 0 spiro atoms. The molecule has 2 aliphatic rings. The van der Waals surface area contributed by atoms with E-state index in [2.05, 4.69) is 19.9 Å². The van der Waals surface area contributed by atoms with Crippen molar-refractivity contribution in [3.8, 4) is 5.82 Å². The van der Waals surface area contributed by atoms with Gasteiger partial charge in [0.25, 0.3) is 0 Å². The highest BCUT2D eigenvalue weighted by Crippen LogP contribution is 2.38. The molecule has 5 nitrogen and oxygen atoms in total. The van der Waals surface area contributed by atoms with Crippen LogP contribution >= 0.6 is 0 Å². The van der Waals surface area contributed by atoms with Crippen molar-refractivity contribution in [1.29, 1.82) is 0 Å². The second-order valence-corrected chi connectivity index (χ2v) is 6.07. The van der Waals surface area contributed by atoms with Gasteiger partial charge in [0.1, 0.15) is 12.0 Å². The minimum absolute atomic E-state index is 0.416. The molecule has 0 radical (unpaired) electrons. The quantitative estimate of drug-likeness (QED) is 0.869. The Bertz CT molecular complexity index is 588. The third-order valence-corrected chi connectivity index (χ3v) is 4.86. The summed E-state index contributed by atoms with van der Waals surface area (Å²) in [6.45, 7) is 1.20. The molecule has 3 heterocycles. The number of hydrogen-bond acceptors (Lipinski definition) is 4. The molecule has 0 amide bonds. The molecule has 110 valence electrons. The predicted molar refractivity (Wildman–Crippen MR) is 80.1 cm³/mol. The van der Waals surface area contributed by atoms with E-state index in [1.807, 2.05) is 23.3 Å². The first kappa shape index (κ1) is 13.0. The molecule has 5 heteroatoms. The van der Waals surface area contributed by atoms with Gasteiger partial charge in [0.2, 0.25) is 0 Å². The highest BCUT2D eigenvalue weighted by molar-refractivity contribution is 5.31. The van der Waals surface area contributed by atoms with E-state index in [1.165, 1.54) is 45.1 Å². The Hall–Kier alpha value is -1.75. The van der Waals surface area contributed by atoms with Gasteiger partial charge in [-0.3, -0.25) is 14.5 Å². The molecular weight excluding hydrogens is 262 g/mol. The molecule has 1 atom stereocenters. The maximum absolute atomic E-state index is 4.69. The third-order valence-electron chi connectivity index (χ3n) is 4.86. The number of rotatable bonds is 3. The van der Waals surface area contributed by atoms with E-state index in [0.29, 0.717) is 6.04 Å². The lowest BCUT2D eigenvalue weighted by Gasteiger charge is -2.30. The lowest BCUT2D eigenvalue weighted by molar-refractivity contribution is 0.179. The average Bonchev–Trinajstić information content (AvgIpc) is 3.27. The van der Waals surface area contributed by atoms with E-state index in [0.717, 1.165) is 17.6 Å². The van der Waals surface area contributed by atoms with Crippen molar-refractivity contribution in [1.82, 2.24) is 24.4 Å². The molecule has 0 N–H and O–H groups in total. The zero-order valence-electron chi connectivity index (χ0n) is 12.2. The molecule has 1 saturated carbocycles. The SMILES string of the molecule is c1cn(-c2nccnc2[C@@H]2CCCN2C2CCCC2)cn1. The predicted octanol–water partition coefficient (Wildman–Crippen LogP) is 2.74. The summed E-state index contributed by atoms with van der Waals surface area (Å²) in [4.78, 5) is 16.1. The van der Waals surface area contributed by atoms with E-state index in [9.17, 15) is 0 Å². The van der Waals surface area contributed by atoms with Crippen LogP contribution in [0, 0.1) is 0 Å². The van der Waals surface area contributed by atoms with Gasteiger partial charge in [-0.15, -0.1) is 0 Å². The van der Waals surface area contributed by atoms with Gasteiger partial charge in [0.05, 0.1) is 6.04 Å². The molecule has 2 aromatic heterocycles. The van der Waals surface area contributed by atoms with Gasteiger partial charge in [-0.2, -0.15) is 0 Å². The zero-order chi connectivity index (χ0) is 14.1. The molecular formula is C16H21N5. The van der Waals surface area contributed by atoms with Crippen LogP contribution in [0.3, 0.4) is 0 Å². The van der Waals surface area contributed by atoms with Crippen LogP contribution < -0.4 is 0 Å². The second-order valence-electron chi connectivity index (χ2n) is 6.07. The number of hydrogen-bond donors (Lipinski definition) is 0. The molecule has 1 aliphatic heterocycles. The summed E-state index contributed by atoms with van der Waals surface area (Å²) in [5, 5.41) is 0. The van der Waals surface area contributed by atoms with Crippen molar-refractivity contribution in [2.75, 3.05) is 6.54 Å². The zero-order valence-corrected chi connectivity index (χ0v) is 12.2. The molecule has 21 heavy (non-hydrogen) atoms. The lowest BCUT2D eigenvalue weighted by atomic mass is 10.1. The van der Waals surface area contributed by atoms with E-state index < -0.39 is 0 Å². The largest absolute Gasteiger partial charge is 0.292 e. The summed E-state index contributed by atoms with van der Waals surface area (Å²) in [7, 11) is 0. The van der Waals surface area contributed by atoms with E-state index in [4.69, 9.17) is 0 Å². The number of imidazole rings is 1. The van der Waals surface area contributed by atoms with Gasteiger partial charge in [-0.1, -0.05) is 12.8 Å². The Morgan fingerprint density at radius 1 is 0.952 bits per heavy atom. The first-order valence-corrected chi connectivity index (χ1v) is 7.98. The molecule has 1 aliphatic carbocycles. The highest BCUT2D eigenvalue weighted by atomic mass is 15.2. The van der Waals surface area contributed by atoms with Gasteiger partial charge in [0.15, 0.2) is 5.82 Å². The lowest BCUT2D eigenvalue weighted by Crippen LogP contribution is -2.33. The Balaban J connectivity index is 1.69. The van der Waals surface area contributed by atoms with Gasteiger partial charge in [-0.05, 0) is 32.2 Å². The van der Waals surface area contributed by atoms with Gasteiger partial charge < -0.3 is 0 Å². The molecule has 1 saturated heterocycles. The second kappa shape index (κ2) is 5.56. The minimum Gasteiger partial charge on any atom is -0.292 e. The minimum atomic E-state index is 0.416. The van der Waals surface area contributed by atoms with Crippen molar-refractivity contribution in [3.63, 3.8) is 0 Å². The van der Waals surface area contributed by atoms with Crippen molar-refractivity contribution in [2.45, 2.75) is 50.6 Å². The topological polar surface area (TPSA) is 46.8 Å². The van der Waals surface area contributed by atoms with Crippen LogP contribution in [0.1, 0.15) is 50.3 Å². The smallest absolute Gasteiger partial charge is 0.161 e. The summed E-state index contributed by atoms with van der Waals surface area (Å²) in [6.07, 6.45) is 17.0. The molecule has 2 fully saturated rings. The number of aromatic nitrogens is 4. The van der Waals surface area contributed by atoms with E-state index in [1.54, 1.807) is 12.4 Å². The monoisotopic (exact) mass is 283 g/mol. The summed E-state index contributed by atoms with van der Waals surface area (Å²) < 4.78 is 1.98. The van der Waals surface area contributed by atoms with Crippen molar-refractivity contribution >= 4 is 0 Å². The summed E-state index contributed by atoms with van der Waals surface area (Å²) >= 11 is 0. The Kier molecular flexibility index (Phi) is 3.43. The van der Waals surface area contributed by atoms with Gasteiger partial charge >= 0.3 is 0 Å². The van der Waals surface area contributed by atoms with Crippen molar-refractivity contribution in [2.24, 2.45) is 0 Å². The van der Waals surface area contributed by atoms with Crippen LogP contribution in [0.5, 0.6) is 0 Å². The fourth-order valence-electron chi connectivity index (χ4n) is 3.92. The Morgan fingerprint density at radius 2 is 1.81 bits per heavy atom. The molecule has 0 aromatic carbocycles. The first-order valence-electron chi connectivity index (χ1n) is 7.98. The summed E-state index contributed by atoms with van der Waals surface area (Å²) in [5.74, 6) is 0.935. The molecule has 2 aromatic rings. The number of nitrogens with zero attached hydrogens (tertiary/aromatic N) is 5. The summed E-state index contributed by atoms with van der Waals surface area (Å²) in [5.41, 5.74) is 1.11.